The molecule has 5 heteroatoms. The molecule has 130 valence electrons. The van der Waals surface area contributed by atoms with Gasteiger partial charge in [-0.25, -0.2) is 4.68 Å². The van der Waals surface area contributed by atoms with Crippen LogP contribution in [-0.4, -0.2) is 30.6 Å². The van der Waals surface area contributed by atoms with Gasteiger partial charge in [0.25, 0.3) is 0 Å². The summed E-state index contributed by atoms with van der Waals surface area (Å²) >= 11 is 0. The molecule has 1 N–H and O–H groups in total. The minimum atomic E-state index is 0.00463. The molecule has 1 heterocycles. The molecule has 1 amide bonds. The Balaban J connectivity index is 0.000000559. The maximum atomic E-state index is 9.70. The predicted octanol–water partition coefficient (Wildman–Crippen LogP) is 3.63. The van der Waals surface area contributed by atoms with Crippen LogP contribution in [0.15, 0.2) is 24.3 Å². The zero-order chi connectivity index (χ0) is 18.7. The molecule has 0 aliphatic heterocycles. The van der Waals surface area contributed by atoms with Crippen LogP contribution in [0, 0.1) is 20.8 Å². The van der Waals surface area contributed by atoms with Crippen molar-refractivity contribution in [3.63, 3.8) is 0 Å². The lowest BCUT2D eigenvalue weighted by atomic mass is 9.97. The smallest absolute Gasteiger partial charge is 0.216 e. The average Bonchev–Trinajstić information content (AvgIpc) is 2.83. The van der Waals surface area contributed by atoms with E-state index < -0.39 is 0 Å². The highest BCUT2D eigenvalue weighted by molar-refractivity contribution is 6.08. The molecule has 0 aliphatic rings. The number of carbonyl (C=O) groups excluding carboxylic acids is 1. The molecule has 2 radical (unpaired) electrons. The van der Waals surface area contributed by atoms with Crippen LogP contribution in [-0.2, 0) is 11.1 Å². The molecular weight excluding hydrogens is 297 g/mol. The number of aryl methyl sites for hydroxylation is 1. The molecule has 0 saturated carbocycles. The maximum Gasteiger partial charge on any atom is 0.216 e. The van der Waals surface area contributed by atoms with Crippen molar-refractivity contribution >= 4 is 13.8 Å². The van der Waals surface area contributed by atoms with Crippen LogP contribution >= 0.6 is 0 Å². The van der Waals surface area contributed by atoms with Gasteiger partial charge in [0.2, 0.25) is 5.91 Å². The van der Waals surface area contributed by atoms with Gasteiger partial charge >= 0.3 is 0 Å². The Bertz CT molecular complexity index is 618. The number of hydrogen-bond donors (Lipinski definition) is 1. The highest BCUT2D eigenvalue weighted by Crippen LogP contribution is 2.17. The second-order valence-corrected chi connectivity index (χ2v) is 5.59. The van der Waals surface area contributed by atoms with E-state index in [0.717, 1.165) is 16.9 Å². The molecule has 4 nitrogen and oxygen atoms in total. The molecule has 0 unspecified atom stereocenters. The van der Waals surface area contributed by atoms with E-state index in [-0.39, 0.29) is 5.91 Å². The van der Waals surface area contributed by atoms with Gasteiger partial charge in [0.1, 0.15) is 0 Å². The number of nitrogens with zero attached hydrogens (tertiary/aromatic N) is 2. The van der Waals surface area contributed by atoms with Crippen molar-refractivity contribution in [2.75, 3.05) is 7.05 Å². The van der Waals surface area contributed by atoms with E-state index in [4.69, 9.17) is 7.85 Å². The van der Waals surface area contributed by atoms with Crippen molar-refractivity contribution in [3.05, 3.63) is 46.8 Å². The summed E-state index contributed by atoms with van der Waals surface area (Å²) in [6.07, 6.45) is 1.83. The molecule has 0 fully saturated rings. The number of rotatable bonds is 2. The van der Waals surface area contributed by atoms with Crippen molar-refractivity contribution in [3.8, 4) is 5.69 Å². The maximum absolute atomic E-state index is 9.70. The number of hydrogen-bond acceptors (Lipinski definition) is 2. The molecule has 24 heavy (non-hydrogen) atoms. The Morgan fingerprint density at radius 3 is 1.92 bits per heavy atom. The van der Waals surface area contributed by atoms with Crippen molar-refractivity contribution < 1.29 is 4.79 Å². The van der Waals surface area contributed by atoms with Gasteiger partial charge in [-0.15, -0.1) is 0 Å². The summed E-state index contributed by atoms with van der Waals surface area (Å²) in [5.74, 6) is 0.00463. The Hall–Kier alpha value is -2.04. The summed E-state index contributed by atoms with van der Waals surface area (Å²) in [5.41, 5.74) is 5.76. The Kier molecular flexibility index (Phi) is 10.5. The third kappa shape index (κ3) is 7.03. The van der Waals surface area contributed by atoms with Crippen molar-refractivity contribution in [1.82, 2.24) is 15.1 Å². The lowest BCUT2D eigenvalue weighted by Gasteiger charge is -2.05. The molecule has 0 aliphatic carbocycles. The van der Waals surface area contributed by atoms with E-state index in [1.807, 2.05) is 23.7 Å². The van der Waals surface area contributed by atoms with E-state index in [1.165, 1.54) is 24.6 Å². The van der Waals surface area contributed by atoms with Gasteiger partial charge in [-0.3, -0.25) is 4.79 Å². The zero-order valence-electron chi connectivity index (χ0n) is 16.1. The molecule has 0 saturated heterocycles. The molecule has 0 spiro atoms. The number of aromatic nitrogens is 2. The van der Waals surface area contributed by atoms with Crippen molar-refractivity contribution in [1.29, 1.82) is 0 Å². The summed E-state index contributed by atoms with van der Waals surface area (Å²) in [6.45, 7) is 11.9. The number of benzene rings is 1. The quantitative estimate of drug-likeness (QED) is 0.856. The first-order chi connectivity index (χ1) is 11.3. The van der Waals surface area contributed by atoms with Gasteiger partial charge in [0.05, 0.1) is 19.2 Å². The monoisotopic (exact) mass is 327 g/mol. The van der Waals surface area contributed by atoms with Gasteiger partial charge in [-0.1, -0.05) is 44.3 Å². The fourth-order valence-electron chi connectivity index (χ4n) is 1.75. The molecule has 2 rings (SSSR count). The van der Waals surface area contributed by atoms with E-state index in [0.29, 0.717) is 6.32 Å². The van der Waals surface area contributed by atoms with Gasteiger partial charge in [-0.05, 0) is 38.5 Å². The molecular formula is C19H30BN3O. The van der Waals surface area contributed by atoms with Gasteiger partial charge in [-0.2, -0.15) is 5.10 Å². The van der Waals surface area contributed by atoms with E-state index in [1.54, 1.807) is 7.05 Å². The zero-order valence-corrected chi connectivity index (χ0v) is 16.1. The fourth-order valence-corrected chi connectivity index (χ4v) is 1.75. The van der Waals surface area contributed by atoms with Crippen LogP contribution in [0.2, 0.25) is 0 Å². The standard InChI is InChI=1S/C13H15BN2.C3H7NO.C3H8/c1-9-10(2)15-16(11(9)3)13-6-4-12(8-14)5-7-13;1-3(5)4-2;1-3-2/h4-7H,8H2,1-3H3;1-2H3,(H,4,5);3H2,1-2H3. The Morgan fingerprint density at radius 2 is 1.62 bits per heavy atom. The largest absolute Gasteiger partial charge is 0.359 e. The topological polar surface area (TPSA) is 46.9 Å². The summed E-state index contributed by atoms with van der Waals surface area (Å²) in [5, 5.41) is 6.91. The third-order valence-electron chi connectivity index (χ3n) is 3.42. The minimum absolute atomic E-state index is 0.00463. The van der Waals surface area contributed by atoms with Crippen molar-refractivity contribution in [2.45, 2.75) is 54.3 Å². The highest BCUT2D eigenvalue weighted by atomic mass is 16.1. The summed E-state index contributed by atoms with van der Waals surface area (Å²) in [6, 6.07) is 8.20. The predicted molar refractivity (Wildman–Crippen MR) is 103 cm³/mol. The molecule has 2 aromatic rings. The Morgan fingerprint density at radius 1 is 1.17 bits per heavy atom. The molecule has 0 atom stereocenters. The van der Waals surface area contributed by atoms with Gasteiger partial charge in [0.15, 0.2) is 0 Å². The summed E-state index contributed by atoms with van der Waals surface area (Å²) in [4.78, 5) is 9.70. The van der Waals surface area contributed by atoms with E-state index in [9.17, 15) is 4.79 Å². The lowest BCUT2D eigenvalue weighted by molar-refractivity contribution is -0.118. The fraction of sp³-hybridized carbons (Fsp3) is 0.474. The van der Waals surface area contributed by atoms with Crippen LogP contribution in [0.4, 0.5) is 0 Å². The van der Waals surface area contributed by atoms with Crippen LogP contribution in [0.5, 0.6) is 0 Å². The van der Waals surface area contributed by atoms with Crippen molar-refractivity contribution in [2.24, 2.45) is 0 Å². The van der Waals surface area contributed by atoms with Crippen LogP contribution in [0.3, 0.4) is 0 Å². The average molecular weight is 327 g/mol. The number of nitrogens with one attached hydrogen (secondary N) is 1. The Labute approximate surface area is 148 Å². The molecule has 1 aromatic heterocycles. The minimum Gasteiger partial charge on any atom is -0.359 e. The molecule has 1 aromatic carbocycles. The first-order valence-electron chi connectivity index (χ1n) is 8.32. The number of carbonyl (C=O) groups is 1. The highest BCUT2D eigenvalue weighted by Gasteiger charge is 2.08. The molecule has 0 bridgehead atoms. The lowest BCUT2D eigenvalue weighted by Crippen LogP contribution is -2.11. The van der Waals surface area contributed by atoms with E-state index in [2.05, 4.69) is 50.2 Å². The first-order valence-corrected chi connectivity index (χ1v) is 8.32. The second-order valence-electron chi connectivity index (χ2n) is 5.59. The first kappa shape index (κ1) is 22.0. The van der Waals surface area contributed by atoms with Crippen LogP contribution in [0.1, 0.15) is 49.7 Å². The number of amides is 1. The van der Waals surface area contributed by atoms with E-state index >= 15 is 0 Å². The van der Waals surface area contributed by atoms with Crippen LogP contribution in [0.25, 0.3) is 5.69 Å². The summed E-state index contributed by atoms with van der Waals surface area (Å²) < 4.78 is 1.98. The van der Waals surface area contributed by atoms with Gasteiger partial charge < -0.3 is 5.32 Å². The normalized spacial score (nSPS) is 9.29. The third-order valence-corrected chi connectivity index (χ3v) is 3.42. The van der Waals surface area contributed by atoms with Gasteiger partial charge in [0, 0.05) is 19.7 Å². The SMILES string of the molecule is CCC.CNC(C)=O.[B]Cc1ccc(-n2nc(C)c(C)c2C)cc1. The second kappa shape index (κ2) is 11.5. The van der Waals surface area contributed by atoms with Crippen LogP contribution < -0.4 is 5.32 Å². The summed E-state index contributed by atoms with van der Waals surface area (Å²) in [7, 11) is 7.17.